The summed E-state index contributed by atoms with van der Waals surface area (Å²) in [5.41, 5.74) is 3.91. The average molecular weight is 429 g/mol. The van der Waals surface area contributed by atoms with Crippen molar-refractivity contribution in [2.24, 2.45) is 0 Å². The minimum Gasteiger partial charge on any atom is -0.497 e. The number of aromatic nitrogens is 2. The Morgan fingerprint density at radius 2 is 1.62 bits per heavy atom. The van der Waals surface area contributed by atoms with Crippen molar-refractivity contribution in [3.8, 4) is 28.5 Å². The van der Waals surface area contributed by atoms with Crippen LogP contribution < -0.4 is 19.5 Å². The van der Waals surface area contributed by atoms with Crippen molar-refractivity contribution in [2.45, 2.75) is 13.0 Å². The second kappa shape index (κ2) is 9.34. The van der Waals surface area contributed by atoms with Crippen LogP contribution in [0.2, 0.25) is 0 Å². The number of fused-ring (bicyclic) bond motifs is 1. The fourth-order valence-corrected chi connectivity index (χ4v) is 3.19. The van der Waals surface area contributed by atoms with E-state index in [4.69, 9.17) is 14.2 Å². The molecule has 0 fully saturated rings. The molecule has 0 saturated heterocycles. The van der Waals surface area contributed by atoms with Gasteiger partial charge in [-0.1, -0.05) is 12.1 Å². The monoisotopic (exact) mass is 429 g/mol. The van der Waals surface area contributed by atoms with Gasteiger partial charge in [0.05, 0.1) is 42.8 Å². The molecule has 162 valence electrons. The minimum atomic E-state index is -0.715. The maximum atomic E-state index is 12.6. The van der Waals surface area contributed by atoms with Gasteiger partial charge in [0.15, 0.2) is 6.10 Å². The number of para-hydroxylation sites is 2. The van der Waals surface area contributed by atoms with Gasteiger partial charge in [0.2, 0.25) is 0 Å². The zero-order chi connectivity index (χ0) is 22.5. The normalized spacial score (nSPS) is 11.6. The van der Waals surface area contributed by atoms with E-state index in [1.165, 1.54) is 7.11 Å². The second-order valence-corrected chi connectivity index (χ2v) is 7.08. The summed E-state index contributed by atoms with van der Waals surface area (Å²) in [6.07, 6.45) is 1.03. The first kappa shape index (κ1) is 21.1. The first-order valence-corrected chi connectivity index (χ1v) is 10.1. The van der Waals surface area contributed by atoms with Gasteiger partial charge >= 0.3 is 0 Å². The van der Waals surface area contributed by atoms with Gasteiger partial charge in [-0.3, -0.25) is 9.78 Å². The largest absolute Gasteiger partial charge is 0.497 e. The van der Waals surface area contributed by atoms with E-state index in [-0.39, 0.29) is 5.91 Å². The molecule has 1 heterocycles. The molecule has 4 aromatic rings. The molecule has 0 spiro atoms. The number of benzene rings is 3. The van der Waals surface area contributed by atoms with Crippen LogP contribution in [0.25, 0.3) is 22.3 Å². The molecule has 7 nitrogen and oxygen atoms in total. The Bertz CT molecular complexity index is 1240. The molecule has 3 aromatic carbocycles. The number of amides is 1. The Morgan fingerprint density at radius 1 is 0.906 bits per heavy atom. The highest BCUT2D eigenvalue weighted by Crippen LogP contribution is 2.29. The van der Waals surface area contributed by atoms with Crippen molar-refractivity contribution >= 4 is 22.6 Å². The second-order valence-electron chi connectivity index (χ2n) is 7.08. The van der Waals surface area contributed by atoms with Crippen LogP contribution in [0.5, 0.6) is 17.2 Å². The summed E-state index contributed by atoms with van der Waals surface area (Å²) < 4.78 is 16.3. The van der Waals surface area contributed by atoms with E-state index in [0.29, 0.717) is 22.9 Å². The fraction of sp³-hybridized carbons (Fsp3) is 0.160. The highest BCUT2D eigenvalue weighted by atomic mass is 16.5. The summed E-state index contributed by atoms with van der Waals surface area (Å²) in [6.45, 7) is 1.69. The van der Waals surface area contributed by atoms with Crippen LogP contribution in [-0.4, -0.2) is 36.2 Å². The number of methoxy groups -OCH3 is 2. The van der Waals surface area contributed by atoms with Crippen molar-refractivity contribution in [2.75, 3.05) is 19.5 Å². The van der Waals surface area contributed by atoms with E-state index in [9.17, 15) is 4.79 Å². The number of hydrogen-bond acceptors (Lipinski definition) is 6. The van der Waals surface area contributed by atoms with E-state index in [2.05, 4.69) is 15.3 Å². The standard InChI is InChI=1S/C25H23N3O4/c1-16(25(29)28-22-13-12-19(30-2)14-24(22)31-3)32-18-10-8-17(9-11-18)23-15-26-20-6-4-5-7-21(20)27-23/h4-16H,1-3H3,(H,28,29). The fourth-order valence-electron chi connectivity index (χ4n) is 3.19. The lowest BCUT2D eigenvalue weighted by Crippen LogP contribution is -2.30. The van der Waals surface area contributed by atoms with Gasteiger partial charge in [-0.25, -0.2) is 4.98 Å². The van der Waals surface area contributed by atoms with E-state index in [0.717, 1.165) is 22.3 Å². The number of ether oxygens (including phenoxy) is 3. The predicted molar refractivity (Wildman–Crippen MR) is 123 cm³/mol. The number of carbonyl (C=O) groups is 1. The maximum Gasteiger partial charge on any atom is 0.265 e. The van der Waals surface area contributed by atoms with Crippen LogP contribution in [0.15, 0.2) is 72.9 Å². The summed E-state index contributed by atoms with van der Waals surface area (Å²) in [5.74, 6) is 1.43. The van der Waals surface area contributed by atoms with Crippen LogP contribution in [0.4, 0.5) is 5.69 Å². The zero-order valence-corrected chi connectivity index (χ0v) is 18.0. The number of anilines is 1. The Labute approximate surface area is 186 Å². The molecular formula is C25H23N3O4. The Balaban J connectivity index is 1.43. The first-order chi connectivity index (χ1) is 15.6. The minimum absolute atomic E-state index is 0.294. The molecule has 0 saturated carbocycles. The number of rotatable bonds is 7. The molecule has 0 radical (unpaired) electrons. The van der Waals surface area contributed by atoms with E-state index in [1.807, 2.05) is 48.5 Å². The third kappa shape index (κ3) is 4.62. The molecular weight excluding hydrogens is 406 g/mol. The molecule has 0 aliphatic carbocycles. The van der Waals surface area contributed by atoms with Gasteiger partial charge in [-0.2, -0.15) is 0 Å². The molecule has 0 aliphatic heterocycles. The van der Waals surface area contributed by atoms with Crippen LogP contribution >= 0.6 is 0 Å². The van der Waals surface area contributed by atoms with Crippen molar-refractivity contribution in [3.05, 3.63) is 72.9 Å². The van der Waals surface area contributed by atoms with Crippen molar-refractivity contribution in [1.29, 1.82) is 0 Å². The third-order valence-corrected chi connectivity index (χ3v) is 4.95. The van der Waals surface area contributed by atoms with E-state index in [1.54, 1.807) is 38.4 Å². The lowest BCUT2D eigenvalue weighted by molar-refractivity contribution is -0.122. The Kier molecular flexibility index (Phi) is 6.17. The molecule has 1 atom stereocenters. The quantitative estimate of drug-likeness (QED) is 0.458. The van der Waals surface area contributed by atoms with E-state index >= 15 is 0 Å². The average Bonchev–Trinajstić information content (AvgIpc) is 2.84. The van der Waals surface area contributed by atoms with Gasteiger partial charge in [-0.15, -0.1) is 0 Å². The molecule has 4 rings (SSSR count). The number of hydrogen-bond donors (Lipinski definition) is 1. The van der Waals surface area contributed by atoms with Gasteiger partial charge in [0.25, 0.3) is 5.91 Å². The Morgan fingerprint density at radius 3 is 2.34 bits per heavy atom. The highest BCUT2D eigenvalue weighted by Gasteiger charge is 2.17. The molecule has 1 amide bonds. The van der Waals surface area contributed by atoms with Gasteiger partial charge < -0.3 is 19.5 Å². The number of carbonyl (C=O) groups excluding carboxylic acids is 1. The van der Waals surface area contributed by atoms with Crippen LogP contribution in [-0.2, 0) is 4.79 Å². The molecule has 7 heteroatoms. The van der Waals surface area contributed by atoms with Crippen LogP contribution in [0.1, 0.15) is 6.92 Å². The lowest BCUT2D eigenvalue weighted by Gasteiger charge is -2.17. The zero-order valence-electron chi connectivity index (χ0n) is 18.0. The molecule has 1 unspecified atom stereocenters. The molecule has 0 aliphatic rings. The summed E-state index contributed by atoms with van der Waals surface area (Å²) in [5, 5.41) is 2.82. The van der Waals surface area contributed by atoms with Gasteiger partial charge in [-0.05, 0) is 55.5 Å². The van der Waals surface area contributed by atoms with Crippen molar-refractivity contribution in [3.63, 3.8) is 0 Å². The van der Waals surface area contributed by atoms with Crippen molar-refractivity contribution < 1.29 is 19.0 Å². The molecule has 32 heavy (non-hydrogen) atoms. The van der Waals surface area contributed by atoms with Crippen LogP contribution in [0, 0.1) is 0 Å². The first-order valence-electron chi connectivity index (χ1n) is 10.1. The SMILES string of the molecule is COc1ccc(NC(=O)C(C)Oc2ccc(-c3cnc4ccccc4n3)cc2)c(OC)c1. The summed E-state index contributed by atoms with van der Waals surface area (Å²) in [7, 11) is 3.10. The Hall–Kier alpha value is -4.13. The molecule has 1 aromatic heterocycles. The molecule has 1 N–H and O–H groups in total. The molecule has 0 bridgehead atoms. The predicted octanol–water partition coefficient (Wildman–Crippen LogP) is 4.72. The smallest absolute Gasteiger partial charge is 0.265 e. The summed E-state index contributed by atoms with van der Waals surface area (Å²) in [6, 6.07) is 20.3. The summed E-state index contributed by atoms with van der Waals surface area (Å²) in [4.78, 5) is 21.7. The van der Waals surface area contributed by atoms with E-state index < -0.39 is 6.10 Å². The van der Waals surface area contributed by atoms with Gasteiger partial charge in [0, 0.05) is 11.6 Å². The van der Waals surface area contributed by atoms with Crippen LogP contribution in [0.3, 0.4) is 0 Å². The maximum absolute atomic E-state index is 12.6. The van der Waals surface area contributed by atoms with Crippen molar-refractivity contribution in [1.82, 2.24) is 9.97 Å². The highest BCUT2D eigenvalue weighted by molar-refractivity contribution is 5.95. The number of nitrogens with zero attached hydrogens (tertiary/aromatic N) is 2. The third-order valence-electron chi connectivity index (χ3n) is 4.95. The topological polar surface area (TPSA) is 82.6 Å². The lowest BCUT2D eigenvalue weighted by atomic mass is 10.1. The summed E-state index contributed by atoms with van der Waals surface area (Å²) >= 11 is 0. The van der Waals surface area contributed by atoms with Gasteiger partial charge in [0.1, 0.15) is 17.2 Å². The number of nitrogens with one attached hydrogen (secondary N) is 1.